The van der Waals surface area contributed by atoms with Gasteiger partial charge in [0.05, 0.1) is 6.10 Å². The quantitative estimate of drug-likeness (QED) is 0.813. The first-order chi connectivity index (χ1) is 11.0. The highest BCUT2D eigenvalue weighted by Crippen LogP contribution is 2.24. The molecule has 2 N–H and O–H groups in total. The maximum Gasteiger partial charge on any atom is 0.119 e. The lowest BCUT2D eigenvalue weighted by Crippen LogP contribution is -2.49. The molecule has 1 aliphatic heterocycles. The van der Waals surface area contributed by atoms with E-state index < -0.39 is 0 Å². The molecule has 2 unspecified atom stereocenters. The molecule has 1 heterocycles. The maximum absolute atomic E-state index is 5.96. The first-order valence-corrected chi connectivity index (χ1v) is 8.75. The standard InChI is InChI=1S/C19H32N2O2.ClH/c1-14(2)19-6-5-18(11-15(19)3)23-10-9-21-8-7-17(22-4)12-16(21)13-20;/h5-6,11,14,16-17H,7-10,12-13,20H2,1-4H3;1H. The van der Waals surface area contributed by atoms with E-state index in [-0.39, 0.29) is 12.4 Å². The molecule has 138 valence electrons. The van der Waals surface area contributed by atoms with Crippen molar-refractivity contribution in [2.45, 2.75) is 51.7 Å². The van der Waals surface area contributed by atoms with Crippen LogP contribution in [0.3, 0.4) is 0 Å². The highest BCUT2D eigenvalue weighted by atomic mass is 35.5. The summed E-state index contributed by atoms with van der Waals surface area (Å²) < 4.78 is 11.4. The second kappa shape index (κ2) is 10.2. The lowest BCUT2D eigenvalue weighted by Gasteiger charge is -2.38. The summed E-state index contributed by atoms with van der Waals surface area (Å²) in [5.41, 5.74) is 8.62. The van der Waals surface area contributed by atoms with Gasteiger partial charge in [0.2, 0.25) is 0 Å². The van der Waals surface area contributed by atoms with Gasteiger partial charge in [-0.1, -0.05) is 19.9 Å². The Morgan fingerprint density at radius 2 is 2.08 bits per heavy atom. The third-order valence-electron chi connectivity index (χ3n) is 4.91. The molecular weight excluding hydrogens is 324 g/mol. The second-order valence-corrected chi connectivity index (χ2v) is 6.83. The van der Waals surface area contributed by atoms with E-state index in [1.807, 2.05) is 0 Å². The summed E-state index contributed by atoms with van der Waals surface area (Å²) in [5, 5.41) is 0. The summed E-state index contributed by atoms with van der Waals surface area (Å²) in [5.74, 6) is 1.51. The van der Waals surface area contributed by atoms with Gasteiger partial charge in [-0.3, -0.25) is 4.90 Å². The Labute approximate surface area is 153 Å². The Morgan fingerprint density at radius 3 is 2.67 bits per heavy atom. The van der Waals surface area contributed by atoms with Crippen LogP contribution >= 0.6 is 12.4 Å². The van der Waals surface area contributed by atoms with Crippen molar-refractivity contribution in [2.24, 2.45) is 5.73 Å². The van der Waals surface area contributed by atoms with Crippen molar-refractivity contribution >= 4 is 12.4 Å². The molecule has 5 heteroatoms. The number of methoxy groups -OCH3 is 1. The van der Waals surface area contributed by atoms with E-state index in [1.165, 1.54) is 11.1 Å². The lowest BCUT2D eigenvalue weighted by atomic mass is 9.98. The van der Waals surface area contributed by atoms with Crippen LogP contribution in [-0.4, -0.2) is 50.4 Å². The Hall–Kier alpha value is -0.810. The van der Waals surface area contributed by atoms with E-state index in [1.54, 1.807) is 7.11 Å². The topological polar surface area (TPSA) is 47.7 Å². The van der Waals surface area contributed by atoms with Gasteiger partial charge < -0.3 is 15.2 Å². The van der Waals surface area contributed by atoms with E-state index in [2.05, 4.69) is 43.9 Å². The molecule has 0 saturated carbocycles. The number of hydrogen-bond donors (Lipinski definition) is 1. The zero-order valence-corrected chi connectivity index (χ0v) is 16.3. The van der Waals surface area contributed by atoms with E-state index in [0.717, 1.165) is 31.7 Å². The summed E-state index contributed by atoms with van der Waals surface area (Å²) in [7, 11) is 1.79. The largest absolute Gasteiger partial charge is 0.492 e. The summed E-state index contributed by atoms with van der Waals surface area (Å²) in [4.78, 5) is 2.44. The van der Waals surface area contributed by atoms with E-state index in [0.29, 0.717) is 31.2 Å². The first-order valence-electron chi connectivity index (χ1n) is 8.75. The molecule has 0 bridgehead atoms. The predicted molar refractivity (Wildman–Crippen MR) is 102 cm³/mol. The van der Waals surface area contributed by atoms with Crippen molar-refractivity contribution in [3.05, 3.63) is 29.3 Å². The number of nitrogens with two attached hydrogens (primary N) is 1. The summed E-state index contributed by atoms with van der Waals surface area (Å²) >= 11 is 0. The number of benzene rings is 1. The van der Waals surface area contributed by atoms with Gasteiger partial charge in [0.1, 0.15) is 12.4 Å². The fourth-order valence-electron chi connectivity index (χ4n) is 3.48. The first kappa shape index (κ1) is 21.2. The number of aryl methyl sites for hydroxylation is 1. The fourth-order valence-corrected chi connectivity index (χ4v) is 3.48. The SMILES string of the molecule is COC1CCN(CCOc2ccc(C(C)C)c(C)c2)C(CN)C1.Cl. The van der Waals surface area contributed by atoms with Crippen LogP contribution in [0.4, 0.5) is 0 Å². The molecule has 1 aromatic rings. The average Bonchev–Trinajstić information content (AvgIpc) is 2.54. The second-order valence-electron chi connectivity index (χ2n) is 6.83. The number of nitrogens with zero attached hydrogens (tertiary/aromatic N) is 1. The molecule has 24 heavy (non-hydrogen) atoms. The molecule has 4 nitrogen and oxygen atoms in total. The van der Waals surface area contributed by atoms with Crippen LogP contribution in [0.25, 0.3) is 0 Å². The zero-order chi connectivity index (χ0) is 16.8. The van der Waals surface area contributed by atoms with Crippen molar-refractivity contribution < 1.29 is 9.47 Å². The monoisotopic (exact) mass is 356 g/mol. The lowest BCUT2D eigenvalue weighted by molar-refractivity contribution is 0.00922. The van der Waals surface area contributed by atoms with Crippen molar-refractivity contribution in [3.8, 4) is 5.75 Å². The average molecular weight is 357 g/mol. The van der Waals surface area contributed by atoms with E-state index >= 15 is 0 Å². The minimum Gasteiger partial charge on any atom is -0.492 e. The maximum atomic E-state index is 5.96. The van der Waals surface area contributed by atoms with Crippen LogP contribution < -0.4 is 10.5 Å². The molecule has 0 aromatic heterocycles. The smallest absolute Gasteiger partial charge is 0.119 e. The Bertz CT molecular complexity index is 496. The molecule has 0 amide bonds. The van der Waals surface area contributed by atoms with Crippen LogP contribution in [0, 0.1) is 6.92 Å². The highest BCUT2D eigenvalue weighted by molar-refractivity contribution is 5.85. The number of ether oxygens (including phenoxy) is 2. The molecule has 1 saturated heterocycles. The van der Waals surface area contributed by atoms with Crippen LogP contribution in [-0.2, 0) is 4.74 Å². The van der Waals surface area contributed by atoms with Crippen LogP contribution in [0.1, 0.15) is 43.7 Å². The molecule has 2 atom stereocenters. The minimum absolute atomic E-state index is 0. The molecule has 1 fully saturated rings. The molecule has 0 spiro atoms. The van der Waals surface area contributed by atoms with Gasteiger partial charge in [-0.15, -0.1) is 12.4 Å². The van der Waals surface area contributed by atoms with Crippen LogP contribution in [0.15, 0.2) is 18.2 Å². The van der Waals surface area contributed by atoms with Crippen molar-refractivity contribution in [1.29, 1.82) is 0 Å². The summed E-state index contributed by atoms with van der Waals surface area (Å²) in [6.07, 6.45) is 2.46. The van der Waals surface area contributed by atoms with Crippen LogP contribution in [0.2, 0.25) is 0 Å². The third kappa shape index (κ3) is 5.62. The number of halogens is 1. The van der Waals surface area contributed by atoms with E-state index in [9.17, 15) is 0 Å². The van der Waals surface area contributed by atoms with Gasteiger partial charge in [-0.05, 0) is 48.9 Å². The summed E-state index contributed by atoms with van der Waals surface area (Å²) in [6.45, 7) is 9.94. The Kier molecular flexibility index (Phi) is 9.06. The van der Waals surface area contributed by atoms with E-state index in [4.69, 9.17) is 15.2 Å². The number of rotatable bonds is 7. The minimum atomic E-state index is 0. The van der Waals surface area contributed by atoms with Gasteiger partial charge in [0.15, 0.2) is 0 Å². The number of piperidine rings is 1. The van der Waals surface area contributed by atoms with Crippen molar-refractivity contribution in [2.75, 3.05) is 33.4 Å². The molecule has 0 aliphatic carbocycles. The zero-order valence-electron chi connectivity index (χ0n) is 15.5. The van der Waals surface area contributed by atoms with Gasteiger partial charge >= 0.3 is 0 Å². The number of likely N-dealkylation sites (tertiary alicyclic amines) is 1. The predicted octanol–water partition coefficient (Wildman–Crippen LogP) is 3.36. The van der Waals surface area contributed by atoms with Crippen LogP contribution in [0.5, 0.6) is 5.75 Å². The fraction of sp³-hybridized carbons (Fsp3) is 0.684. The third-order valence-corrected chi connectivity index (χ3v) is 4.91. The Morgan fingerprint density at radius 1 is 1.33 bits per heavy atom. The number of hydrogen-bond acceptors (Lipinski definition) is 4. The molecule has 0 radical (unpaired) electrons. The normalized spacial score (nSPS) is 21.6. The van der Waals surface area contributed by atoms with Gasteiger partial charge in [0, 0.05) is 32.8 Å². The highest BCUT2D eigenvalue weighted by Gasteiger charge is 2.27. The van der Waals surface area contributed by atoms with Crippen molar-refractivity contribution in [1.82, 2.24) is 4.90 Å². The van der Waals surface area contributed by atoms with Gasteiger partial charge in [0.25, 0.3) is 0 Å². The molecule has 1 aliphatic rings. The van der Waals surface area contributed by atoms with Gasteiger partial charge in [-0.25, -0.2) is 0 Å². The molecule has 2 rings (SSSR count). The van der Waals surface area contributed by atoms with Gasteiger partial charge in [-0.2, -0.15) is 0 Å². The molecular formula is C19H33ClN2O2. The summed E-state index contributed by atoms with van der Waals surface area (Å²) in [6, 6.07) is 6.82. The van der Waals surface area contributed by atoms with Crippen molar-refractivity contribution in [3.63, 3.8) is 0 Å². The Balaban J connectivity index is 0.00000288. The molecule has 1 aromatic carbocycles.